The van der Waals surface area contributed by atoms with Gasteiger partial charge in [0.15, 0.2) is 0 Å². The monoisotopic (exact) mass is 555 g/mol. The second kappa shape index (κ2) is 14.1. The van der Waals surface area contributed by atoms with Gasteiger partial charge in [0.05, 0.1) is 29.2 Å². The molecule has 0 aromatic heterocycles. The smallest absolute Gasteiger partial charge is 0.343 e. The van der Waals surface area contributed by atoms with Gasteiger partial charge in [-0.2, -0.15) is 10.2 Å². The number of azo groups is 1. The molecule has 0 heterocycles. The Morgan fingerprint density at radius 1 is 0.900 bits per heavy atom. The molecule has 0 amide bonds. The summed E-state index contributed by atoms with van der Waals surface area (Å²) in [5.74, 6) is 0.564. The molecule has 8 heteroatoms. The average Bonchev–Trinajstić information content (AvgIpc) is 2.96. The van der Waals surface area contributed by atoms with Crippen molar-refractivity contribution in [3.63, 3.8) is 0 Å². The van der Waals surface area contributed by atoms with Crippen molar-refractivity contribution in [1.29, 1.82) is 0 Å². The van der Waals surface area contributed by atoms with E-state index in [1.165, 1.54) is 0 Å². The maximum absolute atomic E-state index is 12.9. The quantitative estimate of drug-likeness (QED) is 0.0655. The molecule has 4 aromatic rings. The molecule has 4 rings (SSSR count). The van der Waals surface area contributed by atoms with Crippen LogP contribution in [-0.4, -0.2) is 23.9 Å². The highest BCUT2D eigenvalue weighted by atomic mass is 35.5. The van der Waals surface area contributed by atoms with Crippen LogP contribution in [0.4, 0.5) is 17.1 Å². The number of phenolic OH excluding ortho intramolecular Hbond substituents is 1. The molecule has 0 fully saturated rings. The summed E-state index contributed by atoms with van der Waals surface area (Å²) in [5.41, 5.74) is 3.47. The Morgan fingerprint density at radius 2 is 1.57 bits per heavy atom. The number of carbonyl (C=O) groups excluding carboxylic acids is 1. The van der Waals surface area contributed by atoms with Gasteiger partial charge in [0.2, 0.25) is 0 Å². The number of unbranched alkanes of at least 4 members (excludes halogenated alkanes) is 2. The fourth-order valence-corrected chi connectivity index (χ4v) is 3.88. The first kappa shape index (κ1) is 28.5. The van der Waals surface area contributed by atoms with E-state index >= 15 is 0 Å². The van der Waals surface area contributed by atoms with E-state index in [0.29, 0.717) is 56.9 Å². The van der Waals surface area contributed by atoms with Crippen LogP contribution >= 0.6 is 11.6 Å². The van der Waals surface area contributed by atoms with Gasteiger partial charge in [0, 0.05) is 22.9 Å². The van der Waals surface area contributed by atoms with E-state index in [4.69, 9.17) is 21.1 Å². The number of esters is 1. The normalized spacial score (nSPS) is 11.3. The number of ether oxygens (including phenoxy) is 2. The lowest BCUT2D eigenvalue weighted by Gasteiger charge is -2.09. The lowest BCUT2D eigenvalue weighted by molar-refractivity contribution is 0.0734. The molecule has 204 valence electrons. The van der Waals surface area contributed by atoms with E-state index in [1.54, 1.807) is 98.1 Å². The average molecular weight is 556 g/mol. The number of nitrogens with zero attached hydrogens (tertiary/aromatic N) is 3. The molecule has 4 aromatic carbocycles. The van der Waals surface area contributed by atoms with Crippen LogP contribution < -0.4 is 9.47 Å². The number of aliphatic imine (C=N–C) groups is 1. The number of hydrogen-bond acceptors (Lipinski definition) is 7. The number of phenols is 1. The minimum atomic E-state index is -0.502. The molecule has 0 saturated heterocycles. The third-order valence-electron chi connectivity index (χ3n) is 6.04. The van der Waals surface area contributed by atoms with Crippen molar-refractivity contribution in [3.05, 3.63) is 107 Å². The van der Waals surface area contributed by atoms with Gasteiger partial charge in [-0.25, -0.2) is 4.79 Å². The van der Waals surface area contributed by atoms with Gasteiger partial charge in [-0.1, -0.05) is 37.4 Å². The molecular weight excluding hydrogens is 526 g/mol. The molecule has 40 heavy (non-hydrogen) atoms. The fraction of sp³-hybridized carbons (Fsp3) is 0.188. The zero-order valence-electron chi connectivity index (χ0n) is 22.4. The third-order valence-corrected chi connectivity index (χ3v) is 6.29. The maximum atomic E-state index is 12.9. The Labute approximate surface area is 238 Å². The fourth-order valence-electron chi connectivity index (χ4n) is 3.75. The maximum Gasteiger partial charge on any atom is 0.343 e. The molecule has 0 aliphatic heterocycles. The topological polar surface area (TPSA) is 92.8 Å². The van der Waals surface area contributed by atoms with Gasteiger partial charge in [-0.3, -0.25) is 4.99 Å². The van der Waals surface area contributed by atoms with Crippen LogP contribution in [0, 0.1) is 6.92 Å². The van der Waals surface area contributed by atoms with Crippen LogP contribution in [0.5, 0.6) is 17.2 Å². The largest absolute Gasteiger partial charge is 0.507 e. The summed E-state index contributed by atoms with van der Waals surface area (Å²) in [4.78, 5) is 17.4. The number of halogens is 1. The highest BCUT2D eigenvalue weighted by Gasteiger charge is 2.14. The first-order valence-electron chi connectivity index (χ1n) is 13.0. The van der Waals surface area contributed by atoms with Crippen LogP contribution in [0.25, 0.3) is 0 Å². The van der Waals surface area contributed by atoms with Gasteiger partial charge in [0.25, 0.3) is 0 Å². The Kier molecular flexibility index (Phi) is 10.0. The second-order valence-corrected chi connectivity index (χ2v) is 9.48. The van der Waals surface area contributed by atoms with Crippen molar-refractivity contribution in [2.75, 3.05) is 6.61 Å². The van der Waals surface area contributed by atoms with Crippen molar-refractivity contribution in [2.45, 2.75) is 33.1 Å². The van der Waals surface area contributed by atoms with E-state index in [-0.39, 0.29) is 5.75 Å². The minimum Gasteiger partial charge on any atom is -0.507 e. The summed E-state index contributed by atoms with van der Waals surface area (Å²) in [6.45, 7) is 4.55. The molecule has 0 atom stereocenters. The van der Waals surface area contributed by atoms with Crippen LogP contribution in [-0.2, 0) is 0 Å². The number of carbonyl (C=O) groups is 1. The standard InChI is InChI=1S/C32H30ClN3O4/c1-3-4-5-19-39-28-16-9-23(31(37)20-28)21-34-30-8-6-7-29(22(30)2)32(38)40-27-17-14-26(15-18-27)36-35-25-12-10-24(33)11-13-25/h6-18,20-21,37H,3-5,19H2,1-2H3. The first-order valence-corrected chi connectivity index (χ1v) is 13.4. The first-order chi connectivity index (χ1) is 19.4. The van der Waals surface area contributed by atoms with E-state index in [1.807, 2.05) is 0 Å². The van der Waals surface area contributed by atoms with E-state index in [2.05, 4.69) is 22.1 Å². The zero-order chi connectivity index (χ0) is 28.3. The number of benzene rings is 4. The predicted octanol–water partition coefficient (Wildman–Crippen LogP) is 9.31. The Balaban J connectivity index is 1.39. The van der Waals surface area contributed by atoms with Gasteiger partial charge in [0.1, 0.15) is 17.2 Å². The molecule has 0 unspecified atom stereocenters. The Bertz CT molecular complexity index is 1500. The van der Waals surface area contributed by atoms with E-state index < -0.39 is 5.97 Å². The number of aromatic hydroxyl groups is 1. The highest BCUT2D eigenvalue weighted by Crippen LogP contribution is 2.27. The van der Waals surface area contributed by atoms with Crippen LogP contribution in [0.15, 0.2) is 100 Å². The molecular formula is C32H30ClN3O4. The summed E-state index contributed by atoms with van der Waals surface area (Å²) in [6.07, 6.45) is 4.76. The molecule has 0 bridgehead atoms. The Morgan fingerprint density at radius 3 is 2.25 bits per heavy atom. The third kappa shape index (κ3) is 8.01. The summed E-state index contributed by atoms with van der Waals surface area (Å²) >= 11 is 5.89. The second-order valence-electron chi connectivity index (χ2n) is 9.04. The van der Waals surface area contributed by atoms with Gasteiger partial charge >= 0.3 is 5.97 Å². The molecule has 0 aliphatic carbocycles. The van der Waals surface area contributed by atoms with E-state index in [9.17, 15) is 9.90 Å². The molecule has 1 N–H and O–H groups in total. The summed E-state index contributed by atoms with van der Waals surface area (Å²) in [7, 11) is 0. The van der Waals surface area contributed by atoms with Gasteiger partial charge in [-0.05, 0) is 91.7 Å². The Hall–Kier alpha value is -4.49. The van der Waals surface area contributed by atoms with E-state index in [0.717, 1.165) is 19.3 Å². The minimum absolute atomic E-state index is 0.0705. The van der Waals surface area contributed by atoms with Crippen LogP contribution in [0.2, 0.25) is 5.02 Å². The molecule has 0 spiro atoms. The SMILES string of the molecule is CCCCCOc1ccc(C=Nc2cccc(C(=O)Oc3ccc(N=Nc4ccc(Cl)cc4)cc3)c2C)c(O)c1. The number of hydrogen-bond donors (Lipinski definition) is 1. The summed E-state index contributed by atoms with van der Waals surface area (Å²) in [6, 6.07) is 24.1. The van der Waals surface area contributed by atoms with Crippen LogP contribution in [0.3, 0.4) is 0 Å². The van der Waals surface area contributed by atoms with Crippen molar-refractivity contribution in [2.24, 2.45) is 15.2 Å². The molecule has 7 nitrogen and oxygen atoms in total. The van der Waals surface area contributed by atoms with Crippen molar-refractivity contribution < 1.29 is 19.4 Å². The summed E-state index contributed by atoms with van der Waals surface area (Å²) < 4.78 is 11.3. The lowest BCUT2D eigenvalue weighted by atomic mass is 10.1. The van der Waals surface area contributed by atoms with Crippen molar-refractivity contribution in [1.82, 2.24) is 0 Å². The highest BCUT2D eigenvalue weighted by molar-refractivity contribution is 6.30. The van der Waals surface area contributed by atoms with Gasteiger partial charge < -0.3 is 14.6 Å². The van der Waals surface area contributed by atoms with Crippen molar-refractivity contribution >= 4 is 40.8 Å². The van der Waals surface area contributed by atoms with Crippen LogP contribution in [0.1, 0.15) is 47.7 Å². The molecule has 0 radical (unpaired) electrons. The number of rotatable bonds is 11. The summed E-state index contributed by atoms with van der Waals surface area (Å²) in [5, 5.41) is 19.4. The molecule has 0 saturated carbocycles. The molecule has 0 aliphatic rings. The zero-order valence-corrected chi connectivity index (χ0v) is 23.1. The van der Waals surface area contributed by atoms with Gasteiger partial charge in [-0.15, -0.1) is 0 Å². The predicted molar refractivity (Wildman–Crippen MR) is 159 cm³/mol. The van der Waals surface area contributed by atoms with Crippen molar-refractivity contribution in [3.8, 4) is 17.2 Å². The lowest BCUT2D eigenvalue weighted by Crippen LogP contribution is -2.10.